The van der Waals surface area contributed by atoms with Crippen LogP contribution in [0.15, 0.2) is 130 Å². The van der Waals surface area contributed by atoms with Gasteiger partial charge in [0.2, 0.25) is 0 Å². The maximum Gasteiger partial charge on any atom is 0.303 e. The molecule has 4 nitrogen and oxygen atoms in total. The third-order valence-corrected chi connectivity index (χ3v) is 8.86. The topological polar surface area (TPSA) is 60.4 Å². The molecule has 0 unspecified atom stereocenters. The zero-order valence-corrected chi connectivity index (χ0v) is 30.8. The molecule has 4 heteroatoms. The molecule has 0 bridgehead atoms. The van der Waals surface area contributed by atoms with Crippen LogP contribution in [0.25, 0.3) is 0 Å². The molecule has 0 aromatic carbocycles. The number of ketones is 2. The van der Waals surface area contributed by atoms with Gasteiger partial charge in [0.05, 0.1) is 0 Å². The van der Waals surface area contributed by atoms with Gasteiger partial charge in [-0.25, -0.2) is 0 Å². The number of rotatable bonds is 11. The van der Waals surface area contributed by atoms with Crippen molar-refractivity contribution in [2.45, 2.75) is 102 Å². The van der Waals surface area contributed by atoms with Gasteiger partial charge in [0, 0.05) is 19.3 Å². The number of allylic oxidation sites excluding steroid dienone is 21. The summed E-state index contributed by atoms with van der Waals surface area (Å²) in [6.45, 7) is 24.0. The lowest BCUT2D eigenvalue weighted by Gasteiger charge is -2.36. The van der Waals surface area contributed by atoms with Crippen LogP contribution in [0.5, 0.6) is 0 Å². The van der Waals surface area contributed by atoms with Crippen molar-refractivity contribution in [3.05, 3.63) is 130 Å². The Balaban J connectivity index is 1.97. The van der Waals surface area contributed by atoms with Gasteiger partial charge >= 0.3 is 5.97 Å². The van der Waals surface area contributed by atoms with E-state index in [0.29, 0.717) is 12.0 Å². The van der Waals surface area contributed by atoms with Crippen LogP contribution in [0.3, 0.4) is 0 Å². The maximum atomic E-state index is 12.7. The fourth-order valence-electron chi connectivity index (χ4n) is 6.29. The van der Waals surface area contributed by atoms with Gasteiger partial charge in [-0.15, -0.1) is 0 Å². The minimum Gasteiger partial charge on any atom is -0.454 e. The standard InChI is InChI=1S/C43H56O4/c1-29(19-15-21-31(3)23-25-37-34(6)40(45)33(5)27-42(37,9)10)17-13-14-18-30(2)20-16-22-32(4)24-26-38-35(7)41(46)39(47-36(8)44)28-43(38,11)12/h13-26,33,39H,27-28H2,1-12H3/b14-13+,19-15+,20-16+,25-23+,26-24+,29-17+,30-18+,31-21+,32-22+/t33-,39-/m0/s1. The normalized spacial score (nSPS) is 23.6. The molecule has 0 aromatic heterocycles. The Hall–Kier alpha value is -4.05. The van der Waals surface area contributed by atoms with Gasteiger partial charge in [0.15, 0.2) is 17.7 Å². The Bertz CT molecular complexity index is 1560. The van der Waals surface area contributed by atoms with E-state index in [4.69, 9.17) is 4.74 Å². The van der Waals surface area contributed by atoms with E-state index < -0.39 is 12.1 Å². The van der Waals surface area contributed by atoms with Crippen molar-refractivity contribution >= 4 is 17.5 Å². The van der Waals surface area contributed by atoms with E-state index in [0.717, 1.165) is 45.4 Å². The van der Waals surface area contributed by atoms with Crippen LogP contribution in [0.1, 0.15) is 95.9 Å². The number of carbonyl (C=O) groups is 3. The summed E-state index contributed by atoms with van der Waals surface area (Å²) in [6, 6.07) is 0. The van der Waals surface area contributed by atoms with Crippen LogP contribution in [0.4, 0.5) is 0 Å². The molecule has 2 atom stereocenters. The molecule has 2 aliphatic rings. The van der Waals surface area contributed by atoms with Gasteiger partial charge in [0.1, 0.15) is 0 Å². The molecule has 0 saturated heterocycles. The summed E-state index contributed by atoms with van der Waals surface area (Å²) in [6.07, 6.45) is 29.5. The number of hydrogen-bond acceptors (Lipinski definition) is 4. The summed E-state index contributed by atoms with van der Waals surface area (Å²) >= 11 is 0. The van der Waals surface area contributed by atoms with Crippen molar-refractivity contribution in [2.75, 3.05) is 0 Å². The molecule has 0 saturated carbocycles. The van der Waals surface area contributed by atoms with Crippen molar-refractivity contribution in [3.8, 4) is 0 Å². The van der Waals surface area contributed by atoms with Crippen molar-refractivity contribution in [1.82, 2.24) is 0 Å². The highest BCUT2D eigenvalue weighted by atomic mass is 16.5. The molecule has 2 aliphatic carbocycles. The number of ether oxygens (including phenoxy) is 1. The molecule has 0 N–H and O–H groups in total. The van der Waals surface area contributed by atoms with Crippen LogP contribution >= 0.6 is 0 Å². The second-order valence-electron chi connectivity index (χ2n) is 14.4. The van der Waals surface area contributed by atoms with Gasteiger partial charge in [-0.05, 0) is 81.1 Å². The van der Waals surface area contributed by atoms with Gasteiger partial charge in [-0.1, -0.05) is 142 Å². The molecule has 0 amide bonds. The molecule has 2 rings (SSSR count). The van der Waals surface area contributed by atoms with Gasteiger partial charge in [-0.2, -0.15) is 0 Å². The Morgan fingerprint density at radius 1 is 0.617 bits per heavy atom. The first-order valence-electron chi connectivity index (χ1n) is 16.6. The lowest BCUT2D eigenvalue weighted by Crippen LogP contribution is -2.38. The SMILES string of the molecule is CC(=O)O[C@H]1CC(C)(C)C(/C=C/C(C)=C/C=C/C(C)=C/C=C/C=C(C)/C=C/C=C(C)/C=C/C2=C(C)C(=O)[C@@H](C)CC2(C)C)=C(C)C1=O. The minimum atomic E-state index is -0.709. The quantitative estimate of drug-likeness (QED) is 0.167. The molecule has 0 fully saturated rings. The Morgan fingerprint density at radius 3 is 1.45 bits per heavy atom. The number of carbonyl (C=O) groups excluding carboxylic acids is 3. The molecular weight excluding hydrogens is 580 g/mol. The largest absolute Gasteiger partial charge is 0.454 e. The Kier molecular flexibility index (Phi) is 14.3. The molecule has 47 heavy (non-hydrogen) atoms. The average molecular weight is 637 g/mol. The number of hydrogen-bond donors (Lipinski definition) is 0. The summed E-state index contributed by atoms with van der Waals surface area (Å²) in [4.78, 5) is 36.7. The van der Waals surface area contributed by atoms with Crippen molar-refractivity contribution < 1.29 is 19.1 Å². The fourth-order valence-corrected chi connectivity index (χ4v) is 6.29. The second-order valence-corrected chi connectivity index (χ2v) is 14.4. The third kappa shape index (κ3) is 11.9. The van der Waals surface area contributed by atoms with Gasteiger partial charge in [-0.3, -0.25) is 14.4 Å². The highest BCUT2D eigenvalue weighted by molar-refractivity contribution is 6.01. The molecular formula is C43H56O4. The van der Waals surface area contributed by atoms with E-state index in [1.165, 1.54) is 6.92 Å². The highest BCUT2D eigenvalue weighted by Gasteiger charge is 2.39. The Labute approximate surface area is 284 Å². The monoisotopic (exact) mass is 636 g/mol. The molecule has 252 valence electrons. The van der Waals surface area contributed by atoms with Crippen molar-refractivity contribution in [1.29, 1.82) is 0 Å². The number of Topliss-reactive ketones (excluding diaryl/α,β-unsaturated/α-hetero) is 2. The minimum absolute atomic E-state index is 0.000782. The molecule has 0 radical (unpaired) electrons. The first-order chi connectivity index (χ1) is 21.9. The van der Waals surface area contributed by atoms with E-state index in [-0.39, 0.29) is 28.3 Å². The van der Waals surface area contributed by atoms with Crippen LogP contribution in [0, 0.1) is 16.7 Å². The highest BCUT2D eigenvalue weighted by Crippen LogP contribution is 2.42. The first kappa shape index (κ1) is 39.1. The maximum absolute atomic E-state index is 12.7. The van der Waals surface area contributed by atoms with E-state index in [1.807, 2.05) is 64.2 Å². The smallest absolute Gasteiger partial charge is 0.303 e. The van der Waals surface area contributed by atoms with Crippen LogP contribution < -0.4 is 0 Å². The zero-order chi connectivity index (χ0) is 35.5. The second kappa shape index (κ2) is 17.2. The summed E-state index contributed by atoms with van der Waals surface area (Å²) in [5.41, 5.74) is 7.84. The van der Waals surface area contributed by atoms with Crippen LogP contribution in [-0.2, 0) is 19.1 Å². The molecule has 0 aliphatic heterocycles. The fraction of sp³-hybridized carbons (Fsp3) is 0.419. The summed E-state index contributed by atoms with van der Waals surface area (Å²) in [5, 5.41) is 0. The molecule has 0 aromatic rings. The van der Waals surface area contributed by atoms with E-state index in [2.05, 4.69) is 97.1 Å². The van der Waals surface area contributed by atoms with Gasteiger partial charge < -0.3 is 4.74 Å². The van der Waals surface area contributed by atoms with Gasteiger partial charge in [0.25, 0.3) is 0 Å². The van der Waals surface area contributed by atoms with Crippen LogP contribution in [-0.4, -0.2) is 23.6 Å². The predicted octanol–water partition coefficient (Wildman–Crippen LogP) is 10.8. The first-order valence-corrected chi connectivity index (χ1v) is 16.6. The van der Waals surface area contributed by atoms with E-state index in [1.54, 1.807) is 0 Å². The molecule has 0 spiro atoms. The third-order valence-electron chi connectivity index (χ3n) is 8.86. The molecule has 0 heterocycles. The van der Waals surface area contributed by atoms with E-state index >= 15 is 0 Å². The Morgan fingerprint density at radius 2 is 1.00 bits per heavy atom. The van der Waals surface area contributed by atoms with Crippen LogP contribution in [0.2, 0.25) is 0 Å². The van der Waals surface area contributed by atoms with Crippen molar-refractivity contribution in [2.24, 2.45) is 16.7 Å². The number of esters is 1. The lowest BCUT2D eigenvalue weighted by molar-refractivity contribution is -0.153. The summed E-state index contributed by atoms with van der Waals surface area (Å²) in [7, 11) is 0. The predicted molar refractivity (Wildman–Crippen MR) is 198 cm³/mol. The zero-order valence-electron chi connectivity index (χ0n) is 30.8. The average Bonchev–Trinajstić information content (AvgIpc) is 2.96. The summed E-state index contributed by atoms with van der Waals surface area (Å²) in [5.74, 6) is -0.192. The summed E-state index contributed by atoms with van der Waals surface area (Å²) < 4.78 is 5.27. The van der Waals surface area contributed by atoms with E-state index in [9.17, 15) is 14.4 Å². The van der Waals surface area contributed by atoms with Crippen molar-refractivity contribution in [3.63, 3.8) is 0 Å². The lowest BCUT2D eigenvalue weighted by atomic mass is 9.68.